The Hall–Kier alpha value is -1.86. The SMILES string of the molecule is Nc1cc(C(F)(F)F)c([N+](=O)[O-])cc1F. The lowest BCUT2D eigenvalue weighted by Crippen LogP contribution is -2.10. The number of anilines is 1. The van der Waals surface area contributed by atoms with Crippen LogP contribution in [0.2, 0.25) is 0 Å². The largest absolute Gasteiger partial charge is 0.423 e. The van der Waals surface area contributed by atoms with Crippen LogP contribution in [0.3, 0.4) is 0 Å². The number of nitrogen functional groups attached to an aromatic ring is 1. The Morgan fingerprint density at radius 2 is 1.87 bits per heavy atom. The molecule has 1 rings (SSSR count). The molecule has 0 aliphatic rings. The Balaban J connectivity index is 3.49. The molecule has 0 radical (unpaired) electrons. The predicted octanol–water partition coefficient (Wildman–Crippen LogP) is 2.33. The van der Waals surface area contributed by atoms with Crippen LogP contribution >= 0.6 is 0 Å². The van der Waals surface area contributed by atoms with Gasteiger partial charge in [0.25, 0.3) is 5.69 Å². The lowest BCUT2D eigenvalue weighted by atomic mass is 10.1. The normalized spacial score (nSPS) is 11.5. The number of benzene rings is 1. The summed E-state index contributed by atoms with van der Waals surface area (Å²) in [5.41, 5.74) is 1.19. The Bertz CT molecular complexity index is 416. The fourth-order valence-electron chi connectivity index (χ4n) is 0.958. The number of rotatable bonds is 1. The van der Waals surface area contributed by atoms with Gasteiger partial charge in [-0.05, 0) is 6.07 Å². The van der Waals surface area contributed by atoms with E-state index in [1.54, 1.807) is 0 Å². The summed E-state index contributed by atoms with van der Waals surface area (Å²) in [7, 11) is 0. The van der Waals surface area contributed by atoms with Gasteiger partial charge < -0.3 is 5.73 Å². The Morgan fingerprint density at radius 1 is 1.33 bits per heavy atom. The van der Waals surface area contributed by atoms with Crippen LogP contribution in [0.4, 0.5) is 28.9 Å². The molecule has 1 aromatic carbocycles. The van der Waals surface area contributed by atoms with Gasteiger partial charge in [-0.25, -0.2) is 4.39 Å². The highest BCUT2D eigenvalue weighted by molar-refractivity contribution is 5.53. The monoisotopic (exact) mass is 224 g/mol. The molecular weight excluding hydrogens is 220 g/mol. The lowest BCUT2D eigenvalue weighted by molar-refractivity contribution is -0.388. The highest BCUT2D eigenvalue weighted by Crippen LogP contribution is 2.37. The molecule has 0 heterocycles. The summed E-state index contributed by atoms with van der Waals surface area (Å²) in [5.74, 6) is -1.25. The Morgan fingerprint density at radius 3 is 2.27 bits per heavy atom. The van der Waals surface area contributed by atoms with Crippen molar-refractivity contribution in [3.63, 3.8) is 0 Å². The van der Waals surface area contributed by atoms with E-state index in [0.717, 1.165) is 0 Å². The van der Waals surface area contributed by atoms with Crippen LogP contribution in [0.25, 0.3) is 0 Å². The summed E-state index contributed by atoms with van der Waals surface area (Å²) in [6.45, 7) is 0. The van der Waals surface area contributed by atoms with Crippen LogP contribution in [0.1, 0.15) is 5.56 Å². The fraction of sp³-hybridized carbons (Fsp3) is 0.143. The Kier molecular flexibility index (Phi) is 2.52. The molecule has 1 aromatic rings. The molecule has 8 heteroatoms. The van der Waals surface area contributed by atoms with E-state index < -0.39 is 33.9 Å². The first-order valence-corrected chi connectivity index (χ1v) is 3.54. The second-order valence-electron chi connectivity index (χ2n) is 2.65. The van der Waals surface area contributed by atoms with Gasteiger partial charge in [-0.2, -0.15) is 13.2 Å². The van der Waals surface area contributed by atoms with Gasteiger partial charge in [0.2, 0.25) is 0 Å². The van der Waals surface area contributed by atoms with Crippen LogP contribution in [-0.2, 0) is 6.18 Å². The molecule has 0 amide bonds. The first-order valence-electron chi connectivity index (χ1n) is 3.54. The van der Waals surface area contributed by atoms with E-state index in [2.05, 4.69) is 0 Å². The van der Waals surface area contributed by atoms with Crippen LogP contribution < -0.4 is 5.73 Å². The molecular formula is C7H4F4N2O2. The third-order valence-electron chi connectivity index (χ3n) is 1.62. The van der Waals surface area contributed by atoms with Crippen molar-refractivity contribution in [2.75, 3.05) is 5.73 Å². The van der Waals surface area contributed by atoms with Gasteiger partial charge in [0.1, 0.15) is 5.56 Å². The molecule has 0 aliphatic carbocycles. The molecule has 0 unspecified atom stereocenters. The number of nitro groups is 1. The molecule has 0 fully saturated rings. The van der Waals surface area contributed by atoms with Gasteiger partial charge in [-0.1, -0.05) is 0 Å². The van der Waals surface area contributed by atoms with E-state index in [0.29, 0.717) is 0 Å². The van der Waals surface area contributed by atoms with Gasteiger partial charge in [-0.3, -0.25) is 10.1 Å². The number of nitrogens with zero attached hydrogens (tertiary/aromatic N) is 1. The van der Waals surface area contributed by atoms with Crippen molar-refractivity contribution in [3.8, 4) is 0 Å². The van der Waals surface area contributed by atoms with E-state index in [9.17, 15) is 27.7 Å². The summed E-state index contributed by atoms with van der Waals surface area (Å²) < 4.78 is 49.4. The molecule has 0 atom stereocenters. The summed E-state index contributed by atoms with van der Waals surface area (Å²) >= 11 is 0. The number of hydrogen-bond acceptors (Lipinski definition) is 3. The smallest absolute Gasteiger partial charge is 0.396 e. The van der Waals surface area contributed by atoms with Crippen LogP contribution in [0.15, 0.2) is 12.1 Å². The van der Waals surface area contributed by atoms with Crippen molar-refractivity contribution in [3.05, 3.63) is 33.6 Å². The van der Waals surface area contributed by atoms with Crippen molar-refractivity contribution in [2.24, 2.45) is 0 Å². The highest BCUT2D eigenvalue weighted by atomic mass is 19.4. The van der Waals surface area contributed by atoms with Gasteiger partial charge in [0.15, 0.2) is 5.82 Å². The molecule has 82 valence electrons. The lowest BCUT2D eigenvalue weighted by Gasteiger charge is -2.08. The first kappa shape index (κ1) is 11.2. The topological polar surface area (TPSA) is 69.2 Å². The van der Waals surface area contributed by atoms with Crippen molar-refractivity contribution >= 4 is 11.4 Å². The number of nitrogens with two attached hydrogens (primary N) is 1. The van der Waals surface area contributed by atoms with Crippen molar-refractivity contribution in [1.82, 2.24) is 0 Å². The van der Waals surface area contributed by atoms with E-state index in [4.69, 9.17) is 5.73 Å². The zero-order valence-electron chi connectivity index (χ0n) is 7.01. The van der Waals surface area contributed by atoms with Crippen molar-refractivity contribution in [1.29, 1.82) is 0 Å². The van der Waals surface area contributed by atoms with Crippen LogP contribution in [0, 0.1) is 15.9 Å². The minimum atomic E-state index is -4.94. The van der Waals surface area contributed by atoms with Crippen molar-refractivity contribution in [2.45, 2.75) is 6.18 Å². The molecule has 0 aromatic heterocycles. The molecule has 0 saturated carbocycles. The number of hydrogen-bond donors (Lipinski definition) is 1. The van der Waals surface area contributed by atoms with Crippen molar-refractivity contribution < 1.29 is 22.5 Å². The highest BCUT2D eigenvalue weighted by Gasteiger charge is 2.39. The standard InChI is InChI=1S/C7H4F4N2O2/c8-4-2-6(13(14)15)3(1-5(4)12)7(9,10)11/h1-2H,12H2. The molecule has 2 N–H and O–H groups in total. The third-order valence-corrected chi connectivity index (χ3v) is 1.62. The second-order valence-corrected chi connectivity index (χ2v) is 2.65. The number of nitro benzene ring substituents is 1. The second kappa shape index (κ2) is 3.37. The van der Waals surface area contributed by atoms with E-state index in [1.807, 2.05) is 0 Å². The summed E-state index contributed by atoms with van der Waals surface area (Å²) in [5, 5.41) is 10.2. The molecule has 0 bridgehead atoms. The predicted molar refractivity (Wildman–Crippen MR) is 42.5 cm³/mol. The Labute approximate surface area is 80.5 Å². The summed E-state index contributed by atoms with van der Waals surface area (Å²) in [4.78, 5) is 8.92. The van der Waals surface area contributed by atoms with Crippen LogP contribution in [-0.4, -0.2) is 4.92 Å². The zero-order valence-corrected chi connectivity index (χ0v) is 7.01. The summed E-state index contributed by atoms with van der Waals surface area (Å²) in [6, 6.07) is 0.353. The van der Waals surface area contributed by atoms with Gasteiger partial charge in [-0.15, -0.1) is 0 Å². The molecule has 0 spiro atoms. The molecule has 0 aliphatic heterocycles. The summed E-state index contributed by atoms with van der Waals surface area (Å²) in [6.07, 6.45) is -4.94. The maximum Gasteiger partial charge on any atom is 0.423 e. The third kappa shape index (κ3) is 2.14. The quantitative estimate of drug-likeness (QED) is 0.344. The molecule has 4 nitrogen and oxygen atoms in total. The van der Waals surface area contributed by atoms with E-state index in [-0.39, 0.29) is 12.1 Å². The molecule has 15 heavy (non-hydrogen) atoms. The van der Waals surface area contributed by atoms with Crippen LogP contribution in [0.5, 0.6) is 0 Å². The maximum absolute atomic E-state index is 12.7. The number of halogens is 4. The average Bonchev–Trinajstić information content (AvgIpc) is 2.06. The number of alkyl halides is 3. The first-order chi connectivity index (χ1) is 6.73. The average molecular weight is 224 g/mol. The molecule has 0 saturated heterocycles. The zero-order chi connectivity index (χ0) is 11.8. The fourth-order valence-corrected chi connectivity index (χ4v) is 0.958. The van der Waals surface area contributed by atoms with E-state index in [1.165, 1.54) is 0 Å². The van der Waals surface area contributed by atoms with E-state index >= 15 is 0 Å². The minimum absolute atomic E-state index is 0.151. The minimum Gasteiger partial charge on any atom is -0.396 e. The van der Waals surface area contributed by atoms with Gasteiger partial charge in [0, 0.05) is 0 Å². The maximum atomic E-state index is 12.7. The van der Waals surface area contributed by atoms with Gasteiger partial charge >= 0.3 is 6.18 Å². The van der Waals surface area contributed by atoms with Gasteiger partial charge in [0.05, 0.1) is 16.7 Å².